The summed E-state index contributed by atoms with van der Waals surface area (Å²) in [4.78, 5) is 11.8. The molecule has 0 radical (unpaired) electrons. The van der Waals surface area contributed by atoms with Gasteiger partial charge in [-0.3, -0.25) is 9.13 Å². The number of aromatic nitrogens is 4. The molecule has 2 aromatic heterocycles. The van der Waals surface area contributed by atoms with Crippen LogP contribution < -0.4 is 4.90 Å². The van der Waals surface area contributed by atoms with E-state index in [0.717, 1.165) is 39.8 Å². The third-order valence-electron chi connectivity index (χ3n) is 7.88. The van der Waals surface area contributed by atoms with E-state index in [1.54, 1.807) is 0 Å². The summed E-state index contributed by atoms with van der Waals surface area (Å²) in [5.41, 5.74) is 9.32. The molecule has 0 saturated carbocycles. The zero-order valence-electron chi connectivity index (χ0n) is 24.9. The number of para-hydroxylation sites is 2. The molecule has 0 aliphatic carbocycles. The topological polar surface area (TPSA) is 38.9 Å². The molecule has 0 N–H and O–H groups in total. The smallest absolute Gasteiger partial charge is 0.144 e. The number of rotatable bonds is 8. The van der Waals surface area contributed by atoms with Crippen molar-refractivity contribution in [1.82, 2.24) is 19.1 Å². The Labute approximate surface area is 248 Å². The van der Waals surface area contributed by atoms with Gasteiger partial charge in [0, 0.05) is 60.0 Å². The molecule has 210 valence electrons. The number of imidazole rings is 2. The highest BCUT2D eigenvalue weighted by molar-refractivity contribution is 5.73. The van der Waals surface area contributed by atoms with Gasteiger partial charge in [-0.05, 0) is 59.4 Å². The van der Waals surface area contributed by atoms with Gasteiger partial charge in [0.2, 0.25) is 0 Å². The Morgan fingerprint density at radius 2 is 1.07 bits per heavy atom. The van der Waals surface area contributed by atoms with Crippen molar-refractivity contribution in [3.63, 3.8) is 0 Å². The van der Waals surface area contributed by atoms with Crippen LogP contribution in [0.3, 0.4) is 0 Å². The summed E-state index contributed by atoms with van der Waals surface area (Å²) in [6.45, 7) is 9.04. The molecule has 0 saturated heterocycles. The lowest BCUT2D eigenvalue weighted by Crippen LogP contribution is -2.10. The summed E-state index contributed by atoms with van der Waals surface area (Å²) in [7, 11) is 2.11. The van der Waals surface area contributed by atoms with Crippen molar-refractivity contribution in [3.8, 4) is 34.2 Å². The minimum atomic E-state index is 0.399. The average Bonchev–Trinajstić information content (AvgIpc) is 3.71. The standard InChI is InChI=1S/C37H37N5/c1-26(2)33-18-11-19-34(27(3)4)35(33)42-23-21-39-37(42)29-13-10-17-32(25-29)40(5)31-16-9-12-28(24-31)36-38-20-22-41(36)30-14-7-6-8-15-30/h6-27H,1-5H3. The molecule has 0 aliphatic rings. The molecule has 0 fully saturated rings. The predicted octanol–water partition coefficient (Wildman–Crippen LogP) is 9.41. The second-order valence-electron chi connectivity index (χ2n) is 11.3. The third kappa shape index (κ3) is 5.14. The fourth-order valence-corrected chi connectivity index (χ4v) is 5.66. The Morgan fingerprint density at radius 3 is 1.62 bits per heavy atom. The molecule has 6 aromatic rings. The van der Waals surface area contributed by atoms with Gasteiger partial charge in [-0.1, -0.05) is 88.4 Å². The first-order chi connectivity index (χ1) is 20.4. The largest absolute Gasteiger partial charge is 0.345 e. The first kappa shape index (κ1) is 27.3. The molecule has 0 aliphatic heterocycles. The molecular weight excluding hydrogens is 514 g/mol. The fraction of sp³-hybridized carbons (Fsp3) is 0.189. The third-order valence-corrected chi connectivity index (χ3v) is 7.88. The van der Waals surface area contributed by atoms with Crippen molar-refractivity contribution in [2.45, 2.75) is 39.5 Å². The highest BCUT2D eigenvalue weighted by atomic mass is 15.1. The summed E-state index contributed by atoms with van der Waals surface area (Å²) in [5, 5.41) is 0. The number of anilines is 2. The Hall–Kier alpha value is -4.90. The highest BCUT2D eigenvalue weighted by Gasteiger charge is 2.19. The lowest BCUT2D eigenvalue weighted by molar-refractivity contribution is 0.806. The predicted molar refractivity (Wildman–Crippen MR) is 174 cm³/mol. The van der Waals surface area contributed by atoms with Gasteiger partial charge in [-0.15, -0.1) is 0 Å². The van der Waals surface area contributed by atoms with Crippen LogP contribution in [-0.2, 0) is 0 Å². The van der Waals surface area contributed by atoms with Gasteiger partial charge in [0.1, 0.15) is 11.6 Å². The van der Waals surface area contributed by atoms with E-state index < -0.39 is 0 Å². The number of nitrogens with zero attached hydrogens (tertiary/aromatic N) is 5. The Bertz CT molecular complexity index is 1780. The molecule has 5 nitrogen and oxygen atoms in total. The molecule has 0 unspecified atom stereocenters. The van der Waals surface area contributed by atoms with Crippen LogP contribution in [0.25, 0.3) is 34.2 Å². The van der Waals surface area contributed by atoms with Crippen LogP contribution in [0.15, 0.2) is 122 Å². The maximum Gasteiger partial charge on any atom is 0.144 e. The van der Waals surface area contributed by atoms with Crippen molar-refractivity contribution >= 4 is 11.4 Å². The summed E-state index contributed by atoms with van der Waals surface area (Å²) < 4.78 is 4.40. The SMILES string of the molecule is CC(C)c1cccc(C(C)C)c1-n1ccnc1-c1cccc(N(C)c2cccc(-c3nccn3-c3ccccc3)c2)c1. The van der Waals surface area contributed by atoms with E-state index in [4.69, 9.17) is 9.97 Å². The second kappa shape index (κ2) is 11.5. The quantitative estimate of drug-likeness (QED) is 0.189. The fourth-order valence-electron chi connectivity index (χ4n) is 5.66. The molecular formula is C37H37N5. The van der Waals surface area contributed by atoms with Crippen LogP contribution in [0, 0.1) is 0 Å². The van der Waals surface area contributed by atoms with Crippen LogP contribution in [-0.4, -0.2) is 26.1 Å². The first-order valence-corrected chi connectivity index (χ1v) is 14.6. The van der Waals surface area contributed by atoms with Gasteiger partial charge < -0.3 is 4.90 Å². The minimum absolute atomic E-state index is 0.399. The van der Waals surface area contributed by atoms with Gasteiger partial charge in [0.25, 0.3) is 0 Å². The lowest BCUT2D eigenvalue weighted by atomic mass is 9.92. The lowest BCUT2D eigenvalue weighted by Gasteiger charge is -2.23. The Balaban J connectivity index is 1.37. The summed E-state index contributed by atoms with van der Waals surface area (Å²) >= 11 is 0. The zero-order chi connectivity index (χ0) is 29.2. The number of benzene rings is 4. The van der Waals surface area contributed by atoms with Gasteiger partial charge in [0.05, 0.1) is 5.69 Å². The number of hydrogen-bond acceptors (Lipinski definition) is 3. The second-order valence-corrected chi connectivity index (χ2v) is 11.3. The van der Waals surface area contributed by atoms with E-state index in [1.165, 1.54) is 16.8 Å². The van der Waals surface area contributed by atoms with Crippen LogP contribution in [0.4, 0.5) is 11.4 Å². The minimum Gasteiger partial charge on any atom is -0.345 e. The molecule has 2 heterocycles. The zero-order valence-corrected chi connectivity index (χ0v) is 24.9. The van der Waals surface area contributed by atoms with E-state index in [9.17, 15) is 0 Å². The first-order valence-electron chi connectivity index (χ1n) is 14.6. The van der Waals surface area contributed by atoms with Crippen molar-refractivity contribution in [1.29, 1.82) is 0 Å². The van der Waals surface area contributed by atoms with Crippen LogP contribution in [0.5, 0.6) is 0 Å². The Kier molecular flexibility index (Phi) is 7.49. The van der Waals surface area contributed by atoms with Crippen molar-refractivity contribution in [2.75, 3.05) is 11.9 Å². The maximum absolute atomic E-state index is 4.86. The van der Waals surface area contributed by atoms with Crippen molar-refractivity contribution < 1.29 is 0 Å². The van der Waals surface area contributed by atoms with E-state index in [1.807, 2.05) is 36.8 Å². The molecule has 0 bridgehead atoms. The van der Waals surface area contributed by atoms with E-state index >= 15 is 0 Å². The molecule has 6 rings (SSSR count). The van der Waals surface area contributed by atoms with Crippen molar-refractivity contribution in [3.05, 3.63) is 133 Å². The van der Waals surface area contributed by atoms with Gasteiger partial charge in [0.15, 0.2) is 0 Å². The van der Waals surface area contributed by atoms with Crippen LogP contribution in [0.2, 0.25) is 0 Å². The molecule has 0 amide bonds. The summed E-state index contributed by atoms with van der Waals surface area (Å²) in [5.74, 6) is 2.66. The van der Waals surface area contributed by atoms with Gasteiger partial charge in [-0.25, -0.2) is 9.97 Å². The van der Waals surface area contributed by atoms with Crippen molar-refractivity contribution in [2.24, 2.45) is 0 Å². The van der Waals surface area contributed by atoms with Gasteiger partial charge in [-0.2, -0.15) is 0 Å². The number of hydrogen-bond donors (Lipinski definition) is 0. The molecule has 0 atom stereocenters. The average molecular weight is 552 g/mol. The van der Waals surface area contributed by atoms with E-state index in [-0.39, 0.29) is 0 Å². The highest BCUT2D eigenvalue weighted by Crippen LogP contribution is 2.35. The summed E-state index contributed by atoms with van der Waals surface area (Å²) in [6, 6.07) is 34.2. The van der Waals surface area contributed by atoms with Crippen LogP contribution in [0.1, 0.15) is 50.7 Å². The maximum atomic E-state index is 4.86. The van der Waals surface area contributed by atoms with E-state index in [2.05, 4.69) is 134 Å². The Morgan fingerprint density at radius 1 is 0.571 bits per heavy atom. The molecule has 4 aromatic carbocycles. The van der Waals surface area contributed by atoms with E-state index in [0.29, 0.717) is 11.8 Å². The van der Waals surface area contributed by atoms with Crippen LogP contribution >= 0.6 is 0 Å². The van der Waals surface area contributed by atoms with Gasteiger partial charge >= 0.3 is 0 Å². The normalized spacial score (nSPS) is 11.4. The molecule has 42 heavy (non-hydrogen) atoms. The summed E-state index contributed by atoms with van der Waals surface area (Å²) in [6.07, 6.45) is 7.86. The monoisotopic (exact) mass is 551 g/mol. The molecule has 0 spiro atoms. The molecule has 5 heteroatoms.